The summed E-state index contributed by atoms with van der Waals surface area (Å²) in [7, 11) is -3.13. The number of sulfone groups is 1. The molecule has 1 atom stereocenters. The minimum Gasteiger partial charge on any atom is -0.388 e. The summed E-state index contributed by atoms with van der Waals surface area (Å²) in [5.41, 5.74) is 0.286. The van der Waals surface area contributed by atoms with Crippen molar-refractivity contribution in [2.45, 2.75) is 12.5 Å². The van der Waals surface area contributed by atoms with Crippen LogP contribution in [0, 0.1) is 5.82 Å². The highest BCUT2D eigenvalue weighted by Gasteiger charge is 2.13. The van der Waals surface area contributed by atoms with Crippen LogP contribution in [-0.4, -0.2) is 25.5 Å². The van der Waals surface area contributed by atoms with Crippen LogP contribution >= 0.6 is 11.6 Å². The Morgan fingerprint density at radius 2 is 2.06 bits per heavy atom. The zero-order chi connectivity index (χ0) is 12.3. The van der Waals surface area contributed by atoms with E-state index in [1.165, 1.54) is 6.07 Å². The predicted molar refractivity (Wildman–Crippen MR) is 60.7 cm³/mol. The van der Waals surface area contributed by atoms with Crippen LogP contribution in [-0.2, 0) is 9.84 Å². The van der Waals surface area contributed by atoms with Crippen LogP contribution in [0.25, 0.3) is 0 Å². The SMILES string of the molecule is CS(=O)(=O)CCC(O)c1cc(F)cc(Cl)c1. The fraction of sp³-hybridized carbons (Fsp3) is 0.400. The fourth-order valence-electron chi connectivity index (χ4n) is 1.26. The Morgan fingerprint density at radius 3 is 2.56 bits per heavy atom. The van der Waals surface area contributed by atoms with E-state index in [2.05, 4.69) is 0 Å². The normalized spacial score (nSPS) is 13.8. The van der Waals surface area contributed by atoms with Crippen molar-refractivity contribution in [3.8, 4) is 0 Å². The van der Waals surface area contributed by atoms with Crippen LogP contribution in [0.3, 0.4) is 0 Å². The number of hydrogen-bond donors (Lipinski definition) is 1. The third-order valence-corrected chi connectivity index (χ3v) is 3.23. The van der Waals surface area contributed by atoms with Crippen molar-refractivity contribution in [3.05, 3.63) is 34.6 Å². The van der Waals surface area contributed by atoms with E-state index < -0.39 is 21.8 Å². The molecule has 0 aromatic heterocycles. The first-order valence-electron chi connectivity index (χ1n) is 4.60. The smallest absolute Gasteiger partial charge is 0.147 e. The molecule has 0 saturated carbocycles. The highest BCUT2D eigenvalue weighted by atomic mass is 35.5. The Labute approximate surface area is 98.8 Å². The Kier molecular flexibility index (Phi) is 4.29. The van der Waals surface area contributed by atoms with Crippen LogP contribution in [0.1, 0.15) is 18.1 Å². The molecule has 1 aromatic carbocycles. The number of benzene rings is 1. The molecule has 0 radical (unpaired) electrons. The molecule has 90 valence electrons. The van der Waals surface area contributed by atoms with E-state index in [0.29, 0.717) is 0 Å². The summed E-state index contributed by atoms with van der Waals surface area (Å²) in [6, 6.07) is 3.67. The summed E-state index contributed by atoms with van der Waals surface area (Å²) in [6.45, 7) is 0. The van der Waals surface area contributed by atoms with E-state index in [1.54, 1.807) is 0 Å². The van der Waals surface area contributed by atoms with E-state index >= 15 is 0 Å². The van der Waals surface area contributed by atoms with Gasteiger partial charge in [0.05, 0.1) is 11.9 Å². The molecular weight excluding hydrogens is 255 g/mol. The van der Waals surface area contributed by atoms with Gasteiger partial charge in [-0.05, 0) is 30.2 Å². The van der Waals surface area contributed by atoms with Gasteiger partial charge in [-0.1, -0.05) is 11.6 Å². The molecule has 0 bridgehead atoms. The molecule has 0 fully saturated rings. The zero-order valence-corrected chi connectivity index (χ0v) is 10.2. The zero-order valence-electron chi connectivity index (χ0n) is 8.65. The van der Waals surface area contributed by atoms with Crippen molar-refractivity contribution >= 4 is 21.4 Å². The Hall–Kier alpha value is -0.650. The van der Waals surface area contributed by atoms with Gasteiger partial charge in [-0.3, -0.25) is 0 Å². The molecule has 1 rings (SSSR count). The van der Waals surface area contributed by atoms with Gasteiger partial charge in [0.25, 0.3) is 0 Å². The van der Waals surface area contributed by atoms with Gasteiger partial charge in [0.2, 0.25) is 0 Å². The molecule has 0 aliphatic heterocycles. The average Bonchev–Trinajstić information content (AvgIpc) is 2.11. The maximum atomic E-state index is 12.9. The molecule has 0 heterocycles. The van der Waals surface area contributed by atoms with Gasteiger partial charge in [-0.15, -0.1) is 0 Å². The van der Waals surface area contributed by atoms with Gasteiger partial charge < -0.3 is 5.11 Å². The minimum absolute atomic E-state index is 0.0264. The lowest BCUT2D eigenvalue weighted by molar-refractivity contribution is 0.174. The first-order valence-corrected chi connectivity index (χ1v) is 7.03. The van der Waals surface area contributed by atoms with Crippen molar-refractivity contribution < 1.29 is 17.9 Å². The number of hydrogen-bond acceptors (Lipinski definition) is 3. The van der Waals surface area contributed by atoms with E-state index in [9.17, 15) is 17.9 Å². The average molecular weight is 267 g/mol. The van der Waals surface area contributed by atoms with Crippen molar-refractivity contribution in [3.63, 3.8) is 0 Å². The van der Waals surface area contributed by atoms with E-state index in [4.69, 9.17) is 11.6 Å². The monoisotopic (exact) mass is 266 g/mol. The summed E-state index contributed by atoms with van der Waals surface area (Å²) in [6.07, 6.45) is 0.0830. The minimum atomic E-state index is -3.13. The molecule has 0 spiro atoms. The first kappa shape index (κ1) is 13.4. The molecule has 1 N–H and O–H groups in total. The van der Waals surface area contributed by atoms with Crippen molar-refractivity contribution in [2.24, 2.45) is 0 Å². The van der Waals surface area contributed by atoms with Crippen molar-refractivity contribution in [1.82, 2.24) is 0 Å². The molecule has 0 aliphatic rings. The third kappa shape index (κ3) is 4.47. The first-order chi connectivity index (χ1) is 7.28. The van der Waals surface area contributed by atoms with Gasteiger partial charge in [-0.2, -0.15) is 0 Å². The molecule has 0 amide bonds. The topological polar surface area (TPSA) is 54.4 Å². The van der Waals surface area contributed by atoms with E-state index in [1.807, 2.05) is 0 Å². The molecule has 0 aliphatic carbocycles. The van der Waals surface area contributed by atoms with Crippen molar-refractivity contribution in [2.75, 3.05) is 12.0 Å². The van der Waals surface area contributed by atoms with Crippen LogP contribution in [0.4, 0.5) is 4.39 Å². The molecule has 16 heavy (non-hydrogen) atoms. The second-order valence-corrected chi connectivity index (χ2v) is 6.33. The van der Waals surface area contributed by atoms with Crippen LogP contribution in [0.15, 0.2) is 18.2 Å². The second kappa shape index (κ2) is 5.12. The highest BCUT2D eigenvalue weighted by molar-refractivity contribution is 7.90. The molecular formula is C10H12ClFO3S. The molecule has 1 unspecified atom stereocenters. The van der Waals surface area contributed by atoms with Gasteiger partial charge >= 0.3 is 0 Å². The summed E-state index contributed by atoms with van der Waals surface area (Å²) in [5.74, 6) is -0.705. The Balaban J connectivity index is 2.76. The lowest BCUT2D eigenvalue weighted by atomic mass is 10.1. The summed E-state index contributed by atoms with van der Waals surface area (Å²) < 4.78 is 34.7. The number of halogens is 2. The molecule has 0 saturated heterocycles. The van der Waals surface area contributed by atoms with E-state index in [-0.39, 0.29) is 22.8 Å². The largest absolute Gasteiger partial charge is 0.388 e. The second-order valence-electron chi connectivity index (χ2n) is 3.64. The lowest BCUT2D eigenvalue weighted by Crippen LogP contribution is -2.08. The maximum Gasteiger partial charge on any atom is 0.147 e. The Morgan fingerprint density at radius 1 is 1.44 bits per heavy atom. The van der Waals surface area contributed by atoms with Gasteiger partial charge in [0.1, 0.15) is 15.7 Å². The number of aliphatic hydroxyl groups excluding tert-OH is 1. The van der Waals surface area contributed by atoms with Crippen LogP contribution < -0.4 is 0 Å². The maximum absolute atomic E-state index is 12.9. The highest BCUT2D eigenvalue weighted by Crippen LogP contribution is 2.22. The predicted octanol–water partition coefficient (Wildman–Crippen LogP) is 1.95. The number of aliphatic hydroxyl groups is 1. The summed E-state index contributed by atoms with van der Waals surface area (Å²) >= 11 is 5.61. The summed E-state index contributed by atoms with van der Waals surface area (Å²) in [5, 5.41) is 9.82. The van der Waals surface area contributed by atoms with Gasteiger partial charge in [0.15, 0.2) is 0 Å². The standard InChI is InChI=1S/C10H12ClFO3S/c1-16(14,15)3-2-10(13)7-4-8(11)6-9(12)5-7/h4-6,10,13H,2-3H2,1H3. The fourth-order valence-corrected chi connectivity index (χ4v) is 2.14. The molecule has 6 heteroatoms. The Bertz CT molecular complexity index is 453. The summed E-state index contributed by atoms with van der Waals surface area (Å²) in [4.78, 5) is 0. The molecule has 3 nitrogen and oxygen atoms in total. The van der Waals surface area contributed by atoms with Gasteiger partial charge in [0, 0.05) is 11.3 Å². The van der Waals surface area contributed by atoms with Crippen LogP contribution in [0.5, 0.6) is 0 Å². The van der Waals surface area contributed by atoms with Gasteiger partial charge in [-0.25, -0.2) is 12.8 Å². The number of rotatable bonds is 4. The lowest BCUT2D eigenvalue weighted by Gasteiger charge is -2.10. The van der Waals surface area contributed by atoms with Crippen molar-refractivity contribution in [1.29, 1.82) is 0 Å². The molecule has 1 aromatic rings. The quantitative estimate of drug-likeness (QED) is 0.906. The van der Waals surface area contributed by atoms with Crippen LogP contribution in [0.2, 0.25) is 5.02 Å². The van der Waals surface area contributed by atoms with E-state index in [0.717, 1.165) is 18.4 Å². The third-order valence-electron chi connectivity index (χ3n) is 2.03.